The summed E-state index contributed by atoms with van der Waals surface area (Å²) >= 11 is 0. The summed E-state index contributed by atoms with van der Waals surface area (Å²) in [5.74, 6) is 0.467. The van der Waals surface area contributed by atoms with Gasteiger partial charge in [-0.3, -0.25) is 4.79 Å². The molecule has 1 atom stereocenters. The summed E-state index contributed by atoms with van der Waals surface area (Å²) < 4.78 is 10.1. The number of methoxy groups -OCH3 is 1. The summed E-state index contributed by atoms with van der Waals surface area (Å²) in [4.78, 5) is 11.7. The smallest absolute Gasteiger partial charge is 0.255 e. The van der Waals surface area contributed by atoms with Gasteiger partial charge in [0, 0.05) is 6.54 Å². The lowest BCUT2D eigenvalue weighted by molar-refractivity contribution is 0.0947. The third-order valence-corrected chi connectivity index (χ3v) is 2.24. The Morgan fingerprint density at radius 3 is 3.00 bits per heavy atom. The van der Waals surface area contributed by atoms with Crippen molar-refractivity contribution in [1.29, 1.82) is 0 Å². The van der Waals surface area contributed by atoms with Crippen LogP contribution in [-0.2, 0) is 4.74 Å². The number of carbonyl (C=O) groups is 1. The van der Waals surface area contributed by atoms with E-state index in [0.717, 1.165) is 6.61 Å². The number of hydrogen-bond donors (Lipinski definition) is 1. The van der Waals surface area contributed by atoms with Crippen LogP contribution >= 0.6 is 0 Å². The molecule has 15 heavy (non-hydrogen) atoms. The minimum atomic E-state index is -0.122. The number of benzene rings is 1. The third-order valence-electron chi connectivity index (χ3n) is 2.24. The van der Waals surface area contributed by atoms with E-state index in [1.807, 2.05) is 12.1 Å². The SMILES string of the molecule is COc1ccccc1C(=O)NC[C@H]1CO1. The topological polar surface area (TPSA) is 50.9 Å². The van der Waals surface area contributed by atoms with Gasteiger partial charge in [0.2, 0.25) is 0 Å². The van der Waals surface area contributed by atoms with E-state index < -0.39 is 0 Å². The summed E-state index contributed by atoms with van der Waals surface area (Å²) in [7, 11) is 1.55. The number of nitrogens with one attached hydrogen (secondary N) is 1. The lowest BCUT2D eigenvalue weighted by Crippen LogP contribution is -2.27. The molecule has 0 radical (unpaired) electrons. The zero-order valence-corrected chi connectivity index (χ0v) is 8.53. The van der Waals surface area contributed by atoms with Crippen LogP contribution in [0.5, 0.6) is 5.75 Å². The van der Waals surface area contributed by atoms with Gasteiger partial charge in [0.15, 0.2) is 0 Å². The fourth-order valence-corrected chi connectivity index (χ4v) is 1.32. The van der Waals surface area contributed by atoms with Crippen molar-refractivity contribution in [3.63, 3.8) is 0 Å². The molecule has 1 amide bonds. The average molecular weight is 207 g/mol. The van der Waals surface area contributed by atoms with E-state index in [-0.39, 0.29) is 12.0 Å². The molecule has 0 saturated carbocycles. The first-order valence-corrected chi connectivity index (χ1v) is 4.84. The second kappa shape index (κ2) is 4.31. The first-order valence-electron chi connectivity index (χ1n) is 4.84. The molecule has 4 heteroatoms. The van der Waals surface area contributed by atoms with Crippen molar-refractivity contribution in [2.24, 2.45) is 0 Å². The number of rotatable bonds is 4. The summed E-state index contributed by atoms with van der Waals surface area (Å²) in [6.45, 7) is 1.31. The number of hydrogen-bond acceptors (Lipinski definition) is 3. The normalized spacial score (nSPS) is 18.3. The van der Waals surface area contributed by atoms with Crippen molar-refractivity contribution in [1.82, 2.24) is 5.32 Å². The minimum absolute atomic E-state index is 0.122. The molecule has 0 spiro atoms. The molecule has 1 aromatic rings. The van der Waals surface area contributed by atoms with Gasteiger partial charge in [0.25, 0.3) is 5.91 Å². The van der Waals surface area contributed by atoms with Gasteiger partial charge >= 0.3 is 0 Å². The minimum Gasteiger partial charge on any atom is -0.496 e. The molecule has 0 aromatic heterocycles. The van der Waals surface area contributed by atoms with Crippen LogP contribution in [-0.4, -0.2) is 32.3 Å². The van der Waals surface area contributed by atoms with Crippen LogP contribution in [0, 0.1) is 0 Å². The fourth-order valence-electron chi connectivity index (χ4n) is 1.32. The maximum absolute atomic E-state index is 11.7. The molecule has 80 valence electrons. The second-order valence-corrected chi connectivity index (χ2v) is 3.37. The van der Waals surface area contributed by atoms with Gasteiger partial charge < -0.3 is 14.8 Å². The predicted octanol–water partition coefficient (Wildman–Crippen LogP) is 0.824. The summed E-state index contributed by atoms with van der Waals surface area (Å²) in [5.41, 5.74) is 0.556. The lowest BCUT2D eigenvalue weighted by atomic mass is 10.2. The summed E-state index contributed by atoms with van der Waals surface area (Å²) in [6.07, 6.45) is 0.198. The molecule has 1 fully saturated rings. The number of carbonyl (C=O) groups excluding carboxylic acids is 1. The Morgan fingerprint density at radius 1 is 1.60 bits per heavy atom. The van der Waals surface area contributed by atoms with Crippen molar-refractivity contribution >= 4 is 5.91 Å². The molecular formula is C11H13NO3. The number of ether oxygens (including phenoxy) is 2. The summed E-state index contributed by atoms with van der Waals surface area (Å²) in [5, 5.41) is 2.79. The molecular weight excluding hydrogens is 194 g/mol. The van der Waals surface area contributed by atoms with Crippen molar-refractivity contribution in [2.75, 3.05) is 20.3 Å². The Hall–Kier alpha value is -1.55. The monoisotopic (exact) mass is 207 g/mol. The van der Waals surface area contributed by atoms with E-state index in [4.69, 9.17) is 9.47 Å². The molecule has 4 nitrogen and oxygen atoms in total. The van der Waals surface area contributed by atoms with Crippen LogP contribution in [0.1, 0.15) is 10.4 Å². The fraction of sp³-hybridized carbons (Fsp3) is 0.364. The Kier molecular flexibility index (Phi) is 2.87. The third kappa shape index (κ3) is 2.47. The Labute approximate surface area is 88.2 Å². The van der Waals surface area contributed by atoms with E-state index in [1.54, 1.807) is 19.2 Å². The van der Waals surface area contributed by atoms with Crippen LogP contribution in [0.3, 0.4) is 0 Å². The van der Waals surface area contributed by atoms with Gasteiger partial charge in [0.05, 0.1) is 25.4 Å². The van der Waals surface area contributed by atoms with E-state index in [1.165, 1.54) is 0 Å². The highest BCUT2D eigenvalue weighted by atomic mass is 16.6. The standard InChI is InChI=1S/C11H13NO3/c1-14-10-5-3-2-4-9(10)11(13)12-6-8-7-15-8/h2-5,8H,6-7H2,1H3,(H,12,13)/t8-/m0/s1. The second-order valence-electron chi connectivity index (χ2n) is 3.37. The van der Waals surface area contributed by atoms with Crippen LogP contribution in [0.25, 0.3) is 0 Å². The van der Waals surface area contributed by atoms with Crippen molar-refractivity contribution < 1.29 is 14.3 Å². The number of amides is 1. The highest BCUT2D eigenvalue weighted by molar-refractivity contribution is 5.96. The maximum Gasteiger partial charge on any atom is 0.255 e. The zero-order valence-electron chi connectivity index (χ0n) is 8.53. The quantitative estimate of drug-likeness (QED) is 0.744. The van der Waals surface area contributed by atoms with Crippen LogP contribution < -0.4 is 10.1 Å². The van der Waals surface area contributed by atoms with Gasteiger partial charge in [-0.2, -0.15) is 0 Å². The van der Waals surface area contributed by atoms with Gasteiger partial charge in [-0.15, -0.1) is 0 Å². The average Bonchev–Trinajstić information content (AvgIpc) is 3.09. The molecule has 1 N–H and O–H groups in total. The van der Waals surface area contributed by atoms with Gasteiger partial charge in [-0.05, 0) is 12.1 Å². The highest BCUT2D eigenvalue weighted by Crippen LogP contribution is 2.17. The Balaban J connectivity index is 2.02. The van der Waals surface area contributed by atoms with Crippen LogP contribution in [0.2, 0.25) is 0 Å². The maximum atomic E-state index is 11.7. The zero-order chi connectivity index (χ0) is 10.7. The number of para-hydroxylation sites is 1. The molecule has 1 saturated heterocycles. The van der Waals surface area contributed by atoms with Gasteiger partial charge in [0.1, 0.15) is 5.75 Å². The molecule has 1 aromatic carbocycles. The van der Waals surface area contributed by atoms with E-state index in [9.17, 15) is 4.79 Å². The van der Waals surface area contributed by atoms with E-state index in [2.05, 4.69) is 5.32 Å². The molecule has 0 aliphatic carbocycles. The van der Waals surface area contributed by atoms with E-state index in [0.29, 0.717) is 17.9 Å². The Bertz CT molecular complexity index is 361. The van der Waals surface area contributed by atoms with Crippen LogP contribution in [0.15, 0.2) is 24.3 Å². The van der Waals surface area contributed by atoms with Crippen molar-refractivity contribution in [2.45, 2.75) is 6.10 Å². The molecule has 2 rings (SSSR count). The van der Waals surface area contributed by atoms with Gasteiger partial charge in [-0.1, -0.05) is 12.1 Å². The Morgan fingerprint density at radius 2 is 2.33 bits per heavy atom. The molecule has 1 aliphatic heterocycles. The van der Waals surface area contributed by atoms with Crippen molar-refractivity contribution in [3.05, 3.63) is 29.8 Å². The largest absolute Gasteiger partial charge is 0.496 e. The van der Waals surface area contributed by atoms with Gasteiger partial charge in [-0.25, -0.2) is 0 Å². The molecule has 0 bridgehead atoms. The molecule has 0 unspecified atom stereocenters. The lowest BCUT2D eigenvalue weighted by Gasteiger charge is -2.07. The molecule has 1 heterocycles. The van der Waals surface area contributed by atoms with Crippen LogP contribution in [0.4, 0.5) is 0 Å². The number of epoxide rings is 1. The molecule has 1 aliphatic rings. The first-order chi connectivity index (χ1) is 7.31. The predicted molar refractivity (Wildman–Crippen MR) is 55.1 cm³/mol. The van der Waals surface area contributed by atoms with Crippen molar-refractivity contribution in [3.8, 4) is 5.75 Å². The highest BCUT2D eigenvalue weighted by Gasteiger charge is 2.23. The summed E-state index contributed by atoms with van der Waals surface area (Å²) in [6, 6.07) is 7.15. The van der Waals surface area contributed by atoms with E-state index >= 15 is 0 Å². The first kappa shape index (κ1) is 9.98.